The second kappa shape index (κ2) is 7.70. The average Bonchev–Trinajstić information content (AvgIpc) is 2.79. The first kappa shape index (κ1) is 14.5. The molecule has 0 aromatic heterocycles. The van der Waals surface area contributed by atoms with E-state index in [1.54, 1.807) is 0 Å². The molecule has 0 aromatic carbocycles. The maximum atomic E-state index is 12.2. The van der Waals surface area contributed by atoms with Crippen molar-refractivity contribution in [3.05, 3.63) is 0 Å². The van der Waals surface area contributed by atoms with Gasteiger partial charge in [0.15, 0.2) is 0 Å². The molecule has 100 valence electrons. The summed E-state index contributed by atoms with van der Waals surface area (Å²) in [6.07, 6.45) is 7.98. The summed E-state index contributed by atoms with van der Waals surface area (Å²) in [5.74, 6) is 0.279. The SMILES string of the molecule is CCCCCCNC(=O)C1(CCC)CCNC1. The normalized spacial score (nSPS) is 23.9. The lowest BCUT2D eigenvalue weighted by atomic mass is 9.81. The molecule has 3 nitrogen and oxygen atoms in total. The Morgan fingerprint density at radius 2 is 2.06 bits per heavy atom. The van der Waals surface area contributed by atoms with Crippen molar-refractivity contribution in [2.45, 2.75) is 58.8 Å². The minimum Gasteiger partial charge on any atom is -0.356 e. The Kier molecular flexibility index (Phi) is 6.56. The molecule has 0 saturated carbocycles. The summed E-state index contributed by atoms with van der Waals surface area (Å²) in [6.45, 7) is 7.07. The summed E-state index contributed by atoms with van der Waals surface area (Å²) >= 11 is 0. The van der Waals surface area contributed by atoms with Crippen LogP contribution in [0.4, 0.5) is 0 Å². The molecule has 3 heteroatoms. The van der Waals surface area contributed by atoms with Crippen LogP contribution < -0.4 is 10.6 Å². The Morgan fingerprint density at radius 1 is 1.24 bits per heavy atom. The van der Waals surface area contributed by atoms with Crippen LogP contribution in [-0.4, -0.2) is 25.5 Å². The fourth-order valence-corrected chi connectivity index (χ4v) is 2.68. The van der Waals surface area contributed by atoms with Crippen LogP contribution in [0.5, 0.6) is 0 Å². The van der Waals surface area contributed by atoms with Crippen molar-refractivity contribution in [3.63, 3.8) is 0 Å². The van der Waals surface area contributed by atoms with E-state index in [1.807, 2.05) is 0 Å². The molecule has 1 unspecified atom stereocenters. The minimum absolute atomic E-state index is 0.112. The van der Waals surface area contributed by atoms with Crippen molar-refractivity contribution in [1.29, 1.82) is 0 Å². The van der Waals surface area contributed by atoms with Crippen LogP contribution in [0.25, 0.3) is 0 Å². The molecule has 2 N–H and O–H groups in total. The van der Waals surface area contributed by atoms with Gasteiger partial charge in [-0.15, -0.1) is 0 Å². The third kappa shape index (κ3) is 4.30. The van der Waals surface area contributed by atoms with Gasteiger partial charge < -0.3 is 10.6 Å². The zero-order valence-electron chi connectivity index (χ0n) is 11.5. The minimum atomic E-state index is -0.112. The van der Waals surface area contributed by atoms with Crippen molar-refractivity contribution in [2.24, 2.45) is 5.41 Å². The lowest BCUT2D eigenvalue weighted by molar-refractivity contribution is -0.130. The van der Waals surface area contributed by atoms with Gasteiger partial charge in [-0.3, -0.25) is 4.79 Å². The fourth-order valence-electron chi connectivity index (χ4n) is 2.68. The van der Waals surface area contributed by atoms with Gasteiger partial charge in [0.25, 0.3) is 0 Å². The van der Waals surface area contributed by atoms with Gasteiger partial charge in [-0.25, -0.2) is 0 Å². The average molecular weight is 240 g/mol. The van der Waals surface area contributed by atoms with Crippen molar-refractivity contribution < 1.29 is 4.79 Å². The molecule has 0 aromatic rings. The molecule has 1 atom stereocenters. The highest BCUT2D eigenvalue weighted by atomic mass is 16.2. The van der Waals surface area contributed by atoms with E-state index in [1.165, 1.54) is 19.3 Å². The van der Waals surface area contributed by atoms with Crippen LogP contribution in [-0.2, 0) is 4.79 Å². The number of nitrogens with one attached hydrogen (secondary N) is 2. The third-order valence-electron chi connectivity index (χ3n) is 3.77. The first-order valence-corrected chi connectivity index (χ1v) is 7.24. The van der Waals surface area contributed by atoms with E-state index in [9.17, 15) is 4.79 Å². The van der Waals surface area contributed by atoms with Crippen LogP contribution in [0.15, 0.2) is 0 Å². The molecule has 1 rings (SSSR count). The Hall–Kier alpha value is -0.570. The van der Waals surface area contributed by atoms with Crippen molar-refractivity contribution >= 4 is 5.91 Å². The van der Waals surface area contributed by atoms with E-state index in [0.717, 1.165) is 45.3 Å². The molecule has 0 spiro atoms. The van der Waals surface area contributed by atoms with E-state index in [0.29, 0.717) is 0 Å². The van der Waals surface area contributed by atoms with Crippen LogP contribution in [0.3, 0.4) is 0 Å². The molecule has 0 bridgehead atoms. The van der Waals surface area contributed by atoms with Gasteiger partial charge >= 0.3 is 0 Å². The number of carbonyl (C=O) groups is 1. The number of unbranched alkanes of at least 4 members (excludes halogenated alkanes) is 3. The van der Waals surface area contributed by atoms with Gasteiger partial charge in [0.1, 0.15) is 0 Å². The number of amides is 1. The highest BCUT2D eigenvalue weighted by Crippen LogP contribution is 2.31. The summed E-state index contributed by atoms with van der Waals surface area (Å²) in [7, 11) is 0. The molecule has 1 saturated heterocycles. The number of carbonyl (C=O) groups excluding carboxylic acids is 1. The molecule has 0 radical (unpaired) electrons. The fraction of sp³-hybridized carbons (Fsp3) is 0.929. The van der Waals surface area contributed by atoms with Crippen LogP contribution >= 0.6 is 0 Å². The second-order valence-corrected chi connectivity index (χ2v) is 5.27. The van der Waals surface area contributed by atoms with E-state index in [2.05, 4.69) is 24.5 Å². The Labute approximate surface area is 106 Å². The van der Waals surface area contributed by atoms with Gasteiger partial charge in [0.2, 0.25) is 5.91 Å². The van der Waals surface area contributed by atoms with Gasteiger partial charge in [0.05, 0.1) is 5.41 Å². The number of hydrogen-bond donors (Lipinski definition) is 2. The van der Waals surface area contributed by atoms with E-state index < -0.39 is 0 Å². The second-order valence-electron chi connectivity index (χ2n) is 5.27. The number of hydrogen-bond acceptors (Lipinski definition) is 2. The maximum absolute atomic E-state index is 12.2. The smallest absolute Gasteiger partial charge is 0.227 e. The summed E-state index contributed by atoms with van der Waals surface area (Å²) in [6, 6.07) is 0. The molecule has 1 fully saturated rings. The monoisotopic (exact) mass is 240 g/mol. The zero-order chi connectivity index (χ0) is 12.6. The standard InChI is InChI=1S/C14H28N2O/c1-3-5-6-7-10-16-13(17)14(8-4-2)9-11-15-12-14/h15H,3-12H2,1-2H3,(H,16,17). The molecular formula is C14H28N2O. The maximum Gasteiger partial charge on any atom is 0.227 e. The first-order valence-electron chi connectivity index (χ1n) is 7.24. The van der Waals surface area contributed by atoms with Crippen LogP contribution in [0.1, 0.15) is 58.8 Å². The first-order chi connectivity index (χ1) is 8.25. The Bertz CT molecular complexity index is 222. The summed E-state index contributed by atoms with van der Waals surface area (Å²) in [5.41, 5.74) is -0.112. The van der Waals surface area contributed by atoms with Crippen molar-refractivity contribution in [2.75, 3.05) is 19.6 Å². The number of rotatable bonds is 8. The topological polar surface area (TPSA) is 41.1 Å². The van der Waals surface area contributed by atoms with Gasteiger partial charge in [0, 0.05) is 13.1 Å². The molecular weight excluding hydrogens is 212 g/mol. The van der Waals surface area contributed by atoms with Crippen LogP contribution in [0, 0.1) is 5.41 Å². The van der Waals surface area contributed by atoms with Gasteiger partial charge in [-0.05, 0) is 25.8 Å². The summed E-state index contributed by atoms with van der Waals surface area (Å²) in [5, 5.41) is 6.46. The van der Waals surface area contributed by atoms with E-state index in [-0.39, 0.29) is 11.3 Å². The Balaban J connectivity index is 2.28. The van der Waals surface area contributed by atoms with Crippen molar-refractivity contribution in [3.8, 4) is 0 Å². The van der Waals surface area contributed by atoms with E-state index in [4.69, 9.17) is 0 Å². The highest BCUT2D eigenvalue weighted by molar-refractivity contribution is 5.83. The molecule has 0 aliphatic carbocycles. The van der Waals surface area contributed by atoms with Crippen LogP contribution in [0.2, 0.25) is 0 Å². The summed E-state index contributed by atoms with van der Waals surface area (Å²) < 4.78 is 0. The Morgan fingerprint density at radius 3 is 2.65 bits per heavy atom. The highest BCUT2D eigenvalue weighted by Gasteiger charge is 2.39. The molecule has 1 heterocycles. The molecule has 1 amide bonds. The van der Waals surface area contributed by atoms with Gasteiger partial charge in [-0.2, -0.15) is 0 Å². The van der Waals surface area contributed by atoms with E-state index >= 15 is 0 Å². The summed E-state index contributed by atoms with van der Waals surface area (Å²) in [4.78, 5) is 12.2. The van der Waals surface area contributed by atoms with Crippen molar-refractivity contribution in [1.82, 2.24) is 10.6 Å². The third-order valence-corrected chi connectivity index (χ3v) is 3.77. The van der Waals surface area contributed by atoms with Gasteiger partial charge in [-0.1, -0.05) is 39.5 Å². The lowest BCUT2D eigenvalue weighted by Crippen LogP contribution is -2.42. The lowest BCUT2D eigenvalue weighted by Gasteiger charge is -2.26. The predicted octanol–water partition coefficient (Wildman–Crippen LogP) is 2.46. The quantitative estimate of drug-likeness (QED) is 0.640. The zero-order valence-corrected chi connectivity index (χ0v) is 11.5. The molecule has 17 heavy (non-hydrogen) atoms. The molecule has 1 aliphatic rings. The molecule has 1 aliphatic heterocycles. The predicted molar refractivity (Wildman–Crippen MR) is 72.0 cm³/mol. The largest absolute Gasteiger partial charge is 0.356 e.